The molecule has 2 aliphatic rings. The van der Waals surface area contributed by atoms with Crippen molar-refractivity contribution in [1.82, 2.24) is 19.7 Å². The number of nitrogens with two attached hydrogens (primary N) is 1. The Morgan fingerprint density at radius 1 is 1.13 bits per heavy atom. The van der Waals surface area contributed by atoms with Crippen LogP contribution in [0.25, 0.3) is 10.9 Å². The van der Waals surface area contributed by atoms with Gasteiger partial charge in [0.2, 0.25) is 11.8 Å². The van der Waals surface area contributed by atoms with Crippen LogP contribution in [0, 0.1) is 18.7 Å². The van der Waals surface area contributed by atoms with E-state index in [1.807, 2.05) is 0 Å². The monoisotopic (exact) mass is 636 g/mol. The van der Waals surface area contributed by atoms with Gasteiger partial charge in [0, 0.05) is 29.3 Å². The summed E-state index contributed by atoms with van der Waals surface area (Å²) in [7, 11) is 0. The van der Waals surface area contributed by atoms with E-state index in [-0.39, 0.29) is 24.2 Å². The summed E-state index contributed by atoms with van der Waals surface area (Å²) in [6, 6.07) is 3.42. The molecule has 1 aromatic carbocycles. The smallest absolute Gasteiger partial charge is 0.478 e. The molecule has 14 nitrogen and oxygen atoms in total. The number of primary amides is 1. The van der Waals surface area contributed by atoms with Crippen molar-refractivity contribution in [3.05, 3.63) is 59.8 Å². The molecule has 3 atom stereocenters. The Morgan fingerprint density at radius 3 is 2.40 bits per heavy atom. The second kappa shape index (κ2) is 12.6. The van der Waals surface area contributed by atoms with Crippen LogP contribution in [0.4, 0.5) is 23.2 Å². The number of rotatable bonds is 8. The molecule has 0 unspecified atom stereocenters. The zero-order valence-corrected chi connectivity index (χ0v) is 23.1. The summed E-state index contributed by atoms with van der Waals surface area (Å²) < 4.78 is 57.1. The maximum Gasteiger partial charge on any atom is 0.573 e. The number of ether oxygens (including phenoxy) is 1. The molecule has 3 aromatic rings. The lowest BCUT2D eigenvalue weighted by Crippen LogP contribution is -2.46. The maximum absolute atomic E-state index is 14.5. The lowest BCUT2D eigenvalue weighted by molar-refractivity contribution is -0.275. The molecular weight excluding hydrogens is 612 g/mol. The number of alkyl halides is 3. The number of hydrogen-bond donors (Lipinski definition) is 4. The molecule has 18 heteroatoms. The minimum atomic E-state index is -5.11. The predicted octanol–water partition coefficient (Wildman–Crippen LogP) is 2.22. The third-order valence-electron chi connectivity index (χ3n) is 6.80. The molecule has 45 heavy (non-hydrogen) atoms. The quantitative estimate of drug-likeness (QED) is 0.209. The summed E-state index contributed by atoms with van der Waals surface area (Å²) in [5.41, 5.74) is 5.93. The summed E-state index contributed by atoms with van der Waals surface area (Å²) in [6.07, 6.45) is -1.53. The molecule has 0 radical (unpaired) electrons. The average Bonchev–Trinajstić information content (AvgIpc) is 3.45. The van der Waals surface area contributed by atoms with Crippen molar-refractivity contribution in [1.29, 1.82) is 0 Å². The highest BCUT2D eigenvalue weighted by Gasteiger charge is 2.56. The second-order valence-electron chi connectivity index (χ2n) is 9.99. The highest BCUT2D eigenvalue weighted by molar-refractivity contribution is 6.04. The van der Waals surface area contributed by atoms with E-state index < -0.39 is 59.3 Å². The summed E-state index contributed by atoms with van der Waals surface area (Å²) >= 11 is 0. The van der Waals surface area contributed by atoms with Gasteiger partial charge in [-0.1, -0.05) is 6.07 Å². The number of pyridine rings is 1. The summed E-state index contributed by atoms with van der Waals surface area (Å²) in [6.45, 7) is 1.41. The molecule has 3 amide bonds. The molecule has 1 saturated heterocycles. The molecule has 5 N–H and O–H groups in total. The molecule has 0 bridgehead atoms. The van der Waals surface area contributed by atoms with Gasteiger partial charge in [0.05, 0.1) is 17.4 Å². The largest absolute Gasteiger partial charge is 0.573 e. The first-order valence-corrected chi connectivity index (χ1v) is 13.0. The number of anilines is 1. The van der Waals surface area contributed by atoms with Crippen LogP contribution in [0.1, 0.15) is 29.0 Å². The number of piperidine rings is 1. The molecule has 1 saturated carbocycles. The lowest BCUT2D eigenvalue weighted by Gasteiger charge is -2.27. The number of amides is 3. The number of carbonyl (C=O) groups excluding carboxylic acids is 3. The fourth-order valence-electron chi connectivity index (χ4n) is 4.91. The van der Waals surface area contributed by atoms with E-state index >= 15 is 0 Å². The van der Waals surface area contributed by atoms with E-state index in [4.69, 9.17) is 15.9 Å². The van der Waals surface area contributed by atoms with Gasteiger partial charge in [-0.3, -0.25) is 24.0 Å². The first kappa shape index (κ1) is 32.4. The van der Waals surface area contributed by atoms with Crippen molar-refractivity contribution in [2.75, 3.05) is 5.32 Å². The third-order valence-corrected chi connectivity index (χ3v) is 6.80. The normalized spacial score (nSPS) is 18.6. The standard InChI is InChI=1S/C23H20F4N6O4.C4H4O4/c1-10-5-12-16(8-29-10)32(31-20(12)21(28)35)9-18(34)33-14-6-11(14)7-15(33)22(36)30-13-3-2-4-17(19(13)24)37-23(25,26)27;5-3(6)1-2-4(7)8/h2-5,8,11,14-15H,6-7,9H2,1H3,(H2,28,35)(H,30,36);1-2H,(H,5,6)(H,7,8)/b;2-1+/t11-,14-,15+;/m1./s1. The van der Waals surface area contributed by atoms with Gasteiger partial charge in [0.1, 0.15) is 12.6 Å². The number of carbonyl (C=O) groups is 5. The molecule has 5 rings (SSSR count). The number of carboxylic acid groups (broad SMARTS) is 2. The Bertz CT molecular complexity index is 1710. The number of fused-ring (bicyclic) bond motifs is 2. The van der Waals surface area contributed by atoms with E-state index in [9.17, 15) is 41.5 Å². The highest BCUT2D eigenvalue weighted by atomic mass is 19.4. The Kier molecular flexibility index (Phi) is 9.05. The number of aryl methyl sites for hydroxylation is 1. The molecule has 1 aliphatic heterocycles. The Morgan fingerprint density at radius 2 is 1.80 bits per heavy atom. The van der Waals surface area contributed by atoms with E-state index in [2.05, 4.69) is 20.1 Å². The van der Waals surface area contributed by atoms with Gasteiger partial charge in [-0.2, -0.15) is 5.10 Å². The van der Waals surface area contributed by atoms with Gasteiger partial charge >= 0.3 is 18.3 Å². The zero-order chi connectivity index (χ0) is 33.2. The molecule has 0 spiro atoms. The predicted molar refractivity (Wildman–Crippen MR) is 144 cm³/mol. The van der Waals surface area contributed by atoms with E-state index in [0.29, 0.717) is 41.6 Å². The van der Waals surface area contributed by atoms with Gasteiger partial charge < -0.3 is 30.9 Å². The number of halogens is 4. The van der Waals surface area contributed by atoms with Gasteiger partial charge in [0.15, 0.2) is 17.3 Å². The van der Waals surface area contributed by atoms with Crippen molar-refractivity contribution in [2.45, 2.75) is 44.8 Å². The van der Waals surface area contributed by atoms with E-state index in [1.54, 1.807) is 13.0 Å². The van der Waals surface area contributed by atoms with Gasteiger partial charge in [-0.25, -0.2) is 14.0 Å². The molecule has 238 valence electrons. The SMILES string of the molecule is Cc1cc2c(C(N)=O)nn(CC(=O)N3[C@@H]4C[C@@H]4C[C@H]3C(=O)Nc3cccc(OC(F)(F)F)c3F)c2cn1.O=C(O)/C=C/C(=O)O. The van der Waals surface area contributed by atoms with Crippen LogP contribution in [0.3, 0.4) is 0 Å². The van der Waals surface area contributed by atoms with Gasteiger partial charge in [0.25, 0.3) is 5.91 Å². The van der Waals surface area contributed by atoms with Crippen LogP contribution < -0.4 is 15.8 Å². The van der Waals surface area contributed by atoms with Crippen molar-refractivity contribution < 1.29 is 56.5 Å². The molecule has 3 heterocycles. The van der Waals surface area contributed by atoms with Gasteiger partial charge in [-0.05, 0) is 43.9 Å². The number of carboxylic acids is 2. The van der Waals surface area contributed by atoms with Crippen molar-refractivity contribution in [3.8, 4) is 5.75 Å². The van der Waals surface area contributed by atoms with Crippen LogP contribution in [0.5, 0.6) is 5.75 Å². The zero-order valence-electron chi connectivity index (χ0n) is 23.1. The lowest BCUT2D eigenvalue weighted by atomic mass is 10.1. The van der Waals surface area contributed by atoms with E-state index in [1.165, 1.54) is 15.8 Å². The molecular formula is C27H24F4N6O8. The first-order chi connectivity index (χ1) is 21.1. The highest BCUT2D eigenvalue weighted by Crippen LogP contribution is 2.48. The molecule has 2 fully saturated rings. The maximum atomic E-state index is 14.5. The summed E-state index contributed by atoms with van der Waals surface area (Å²) in [5.74, 6) is -6.92. The van der Waals surface area contributed by atoms with Crippen LogP contribution >= 0.6 is 0 Å². The first-order valence-electron chi connectivity index (χ1n) is 13.0. The van der Waals surface area contributed by atoms with Crippen LogP contribution in [0.15, 0.2) is 42.6 Å². The number of likely N-dealkylation sites (tertiary alicyclic amines) is 1. The minimum absolute atomic E-state index is 0.0234. The van der Waals surface area contributed by atoms with Gasteiger partial charge in [-0.15, -0.1) is 13.2 Å². The van der Waals surface area contributed by atoms with Crippen LogP contribution in [-0.4, -0.2) is 78.0 Å². The molecule has 2 aromatic heterocycles. The fourth-order valence-corrected chi connectivity index (χ4v) is 4.91. The Balaban J connectivity index is 0.000000510. The van der Waals surface area contributed by atoms with E-state index in [0.717, 1.165) is 18.2 Å². The number of nitrogens with zero attached hydrogens (tertiary/aromatic N) is 4. The fraction of sp³-hybridized carbons (Fsp3) is 0.296. The van der Waals surface area contributed by atoms with Crippen LogP contribution in [0.2, 0.25) is 0 Å². The Hall–Kier alpha value is -5.55. The minimum Gasteiger partial charge on any atom is -0.478 e. The second-order valence-corrected chi connectivity index (χ2v) is 9.99. The summed E-state index contributed by atoms with van der Waals surface area (Å²) in [4.78, 5) is 62.9. The van der Waals surface area contributed by atoms with Crippen LogP contribution in [-0.2, 0) is 25.7 Å². The third kappa shape index (κ3) is 7.70. The number of nitrogens with one attached hydrogen (secondary N) is 1. The van der Waals surface area contributed by atoms with Crippen molar-refractivity contribution in [2.24, 2.45) is 11.7 Å². The number of hydrogen-bond acceptors (Lipinski definition) is 8. The summed E-state index contributed by atoms with van der Waals surface area (Å²) in [5, 5.41) is 22.5. The topological polar surface area (TPSA) is 207 Å². The van der Waals surface area contributed by atoms with Crippen molar-refractivity contribution in [3.63, 3.8) is 0 Å². The molecule has 1 aliphatic carbocycles. The number of aromatic nitrogens is 3. The number of benzene rings is 1. The average molecular weight is 637 g/mol. The number of aliphatic carboxylic acids is 2. The Labute approximate surface area is 250 Å². The van der Waals surface area contributed by atoms with Crippen molar-refractivity contribution >= 4 is 46.3 Å².